The van der Waals surface area contributed by atoms with E-state index in [-0.39, 0.29) is 17.5 Å². The van der Waals surface area contributed by atoms with Gasteiger partial charge in [0.2, 0.25) is 5.82 Å². The first-order valence-corrected chi connectivity index (χ1v) is 13.2. The molecule has 0 N–H and O–H groups in total. The van der Waals surface area contributed by atoms with Crippen LogP contribution in [0.5, 0.6) is 5.75 Å². The molecule has 0 saturated heterocycles. The van der Waals surface area contributed by atoms with Gasteiger partial charge < -0.3 is 9.15 Å². The van der Waals surface area contributed by atoms with Crippen molar-refractivity contribution in [1.29, 1.82) is 0 Å². The van der Waals surface area contributed by atoms with Crippen LogP contribution in [0.25, 0.3) is 33.5 Å². The maximum atomic E-state index is 13.5. The van der Waals surface area contributed by atoms with E-state index in [1.165, 1.54) is 4.68 Å². The molecule has 0 fully saturated rings. The Labute approximate surface area is 228 Å². The fraction of sp³-hybridized carbons (Fsp3) is 0.148. The molecule has 0 aliphatic heterocycles. The van der Waals surface area contributed by atoms with Crippen molar-refractivity contribution in [2.75, 3.05) is 0 Å². The molecule has 0 bridgehead atoms. The maximum Gasteiger partial charge on any atom is 0.282 e. The molecule has 5 rings (SSSR count). The predicted octanol–water partition coefficient (Wildman–Crippen LogP) is 8.05. The SMILES string of the molecule is CC[C@@H](C)Oc1c(Br)cc(Cl)cc1C=Nn1c(-c2cc3cc(Br)ccc3o2)nc2ccccc2c1=O. The van der Waals surface area contributed by atoms with Gasteiger partial charge in [-0.15, -0.1) is 0 Å². The van der Waals surface area contributed by atoms with Crippen LogP contribution in [0.1, 0.15) is 25.8 Å². The minimum atomic E-state index is -0.320. The van der Waals surface area contributed by atoms with Crippen LogP contribution < -0.4 is 10.3 Å². The Balaban J connectivity index is 1.71. The molecule has 182 valence electrons. The number of hydrogen-bond donors (Lipinski definition) is 0. The van der Waals surface area contributed by atoms with Gasteiger partial charge in [0.15, 0.2) is 5.76 Å². The number of ether oxygens (including phenoxy) is 1. The third kappa shape index (κ3) is 4.85. The second-order valence-electron chi connectivity index (χ2n) is 8.25. The van der Waals surface area contributed by atoms with Crippen molar-refractivity contribution in [3.63, 3.8) is 0 Å². The molecule has 9 heteroatoms. The van der Waals surface area contributed by atoms with Gasteiger partial charge in [0.25, 0.3) is 5.56 Å². The van der Waals surface area contributed by atoms with E-state index in [1.807, 2.05) is 44.2 Å². The zero-order valence-corrected chi connectivity index (χ0v) is 23.3. The molecule has 2 heterocycles. The van der Waals surface area contributed by atoms with E-state index in [2.05, 4.69) is 37.0 Å². The van der Waals surface area contributed by atoms with Crippen molar-refractivity contribution in [3.8, 4) is 17.3 Å². The Bertz CT molecular complexity index is 1690. The van der Waals surface area contributed by atoms with E-state index in [9.17, 15) is 4.79 Å². The van der Waals surface area contributed by atoms with Crippen molar-refractivity contribution in [2.24, 2.45) is 5.10 Å². The molecule has 1 atom stereocenters. The van der Waals surface area contributed by atoms with Crippen molar-refractivity contribution < 1.29 is 9.15 Å². The number of fused-ring (bicyclic) bond motifs is 2. The Hall–Kier alpha value is -2.94. The van der Waals surface area contributed by atoms with E-state index in [1.54, 1.807) is 36.5 Å². The van der Waals surface area contributed by atoms with Crippen molar-refractivity contribution in [1.82, 2.24) is 9.66 Å². The summed E-state index contributed by atoms with van der Waals surface area (Å²) in [6, 6.07) is 18.2. The van der Waals surface area contributed by atoms with Crippen LogP contribution in [-0.2, 0) is 0 Å². The van der Waals surface area contributed by atoms with Crippen molar-refractivity contribution in [2.45, 2.75) is 26.4 Å². The van der Waals surface area contributed by atoms with E-state index < -0.39 is 0 Å². The normalized spacial score (nSPS) is 12.6. The fourth-order valence-electron chi connectivity index (χ4n) is 3.72. The quantitative estimate of drug-likeness (QED) is 0.178. The smallest absolute Gasteiger partial charge is 0.282 e. The van der Waals surface area contributed by atoms with Gasteiger partial charge in [-0.05, 0) is 77.8 Å². The molecular formula is C27H20Br2ClN3O3. The van der Waals surface area contributed by atoms with Gasteiger partial charge in [-0.1, -0.05) is 46.6 Å². The molecule has 6 nitrogen and oxygen atoms in total. The molecule has 0 amide bonds. The summed E-state index contributed by atoms with van der Waals surface area (Å²) in [6.07, 6.45) is 2.35. The number of hydrogen-bond acceptors (Lipinski definition) is 5. The fourth-order valence-corrected chi connectivity index (χ4v) is 5.03. The highest BCUT2D eigenvalue weighted by molar-refractivity contribution is 9.10. The van der Waals surface area contributed by atoms with Crippen LogP contribution in [0.4, 0.5) is 0 Å². The second kappa shape index (κ2) is 10.2. The summed E-state index contributed by atoms with van der Waals surface area (Å²) in [5, 5.41) is 6.38. The molecule has 2 aromatic heterocycles. The number of rotatable bonds is 6. The minimum absolute atomic E-state index is 0.0230. The molecule has 36 heavy (non-hydrogen) atoms. The Morgan fingerprint density at radius 3 is 2.78 bits per heavy atom. The number of halogens is 3. The van der Waals surface area contributed by atoms with Gasteiger partial charge in [-0.3, -0.25) is 4.79 Å². The lowest BCUT2D eigenvalue weighted by Gasteiger charge is -2.16. The van der Waals surface area contributed by atoms with Gasteiger partial charge in [0.1, 0.15) is 11.3 Å². The Kier molecular flexibility index (Phi) is 7.01. The van der Waals surface area contributed by atoms with Crippen LogP contribution in [0.2, 0.25) is 5.02 Å². The van der Waals surface area contributed by atoms with Gasteiger partial charge >= 0.3 is 0 Å². The monoisotopic (exact) mass is 627 g/mol. The third-order valence-electron chi connectivity index (χ3n) is 5.70. The third-order valence-corrected chi connectivity index (χ3v) is 7.00. The summed E-state index contributed by atoms with van der Waals surface area (Å²) in [5.41, 5.74) is 1.53. The van der Waals surface area contributed by atoms with E-state index in [4.69, 9.17) is 25.7 Å². The lowest BCUT2D eigenvalue weighted by Crippen LogP contribution is -2.20. The first-order chi connectivity index (χ1) is 17.3. The van der Waals surface area contributed by atoms with Crippen LogP contribution in [0, 0.1) is 0 Å². The summed E-state index contributed by atoms with van der Waals surface area (Å²) in [6.45, 7) is 4.03. The van der Waals surface area contributed by atoms with E-state index in [0.717, 1.165) is 16.3 Å². The zero-order chi connectivity index (χ0) is 25.4. The minimum Gasteiger partial charge on any atom is -0.489 e. The predicted molar refractivity (Wildman–Crippen MR) is 151 cm³/mol. The highest BCUT2D eigenvalue weighted by Crippen LogP contribution is 2.33. The van der Waals surface area contributed by atoms with Crippen LogP contribution in [0.3, 0.4) is 0 Å². The van der Waals surface area contributed by atoms with Gasteiger partial charge in [0.05, 0.1) is 27.7 Å². The largest absolute Gasteiger partial charge is 0.489 e. The molecule has 0 aliphatic carbocycles. The molecular weight excluding hydrogens is 610 g/mol. The summed E-state index contributed by atoms with van der Waals surface area (Å²) < 4.78 is 15.0. The summed E-state index contributed by atoms with van der Waals surface area (Å²) >= 11 is 13.3. The summed E-state index contributed by atoms with van der Waals surface area (Å²) in [4.78, 5) is 18.3. The second-order valence-corrected chi connectivity index (χ2v) is 10.5. The lowest BCUT2D eigenvalue weighted by atomic mass is 10.2. The van der Waals surface area contributed by atoms with Gasteiger partial charge in [-0.25, -0.2) is 4.98 Å². The topological polar surface area (TPSA) is 69.6 Å². The summed E-state index contributed by atoms with van der Waals surface area (Å²) in [5.74, 6) is 1.30. The van der Waals surface area contributed by atoms with Crippen LogP contribution in [-0.4, -0.2) is 22.0 Å². The standard InChI is InChI=1S/C27H20Br2ClN3O3/c1-3-15(2)35-25-17(11-19(30)13-21(25)29)14-31-33-26(32-22-7-5-4-6-20(22)27(33)34)24-12-16-10-18(28)8-9-23(16)36-24/h4-15H,3H2,1-2H3/t15-/m1/s1. The average Bonchev–Trinajstić information content (AvgIpc) is 3.28. The van der Waals surface area contributed by atoms with Crippen molar-refractivity contribution >= 4 is 71.5 Å². The lowest BCUT2D eigenvalue weighted by molar-refractivity contribution is 0.215. The van der Waals surface area contributed by atoms with Gasteiger partial charge in [0, 0.05) is 20.4 Å². The Morgan fingerprint density at radius 2 is 1.97 bits per heavy atom. The molecule has 0 spiro atoms. The van der Waals surface area contributed by atoms with Crippen LogP contribution in [0.15, 0.2) is 83.9 Å². The van der Waals surface area contributed by atoms with Crippen molar-refractivity contribution in [3.05, 3.63) is 90.5 Å². The highest BCUT2D eigenvalue weighted by Gasteiger charge is 2.17. The number of para-hydroxylation sites is 1. The maximum absolute atomic E-state index is 13.5. The highest BCUT2D eigenvalue weighted by atomic mass is 79.9. The molecule has 0 saturated carbocycles. The number of benzene rings is 3. The Morgan fingerprint density at radius 1 is 1.17 bits per heavy atom. The number of furan rings is 1. The molecule has 0 unspecified atom stereocenters. The van der Waals surface area contributed by atoms with E-state index in [0.29, 0.717) is 43.1 Å². The first kappa shape index (κ1) is 24.7. The van der Waals surface area contributed by atoms with Gasteiger partial charge in [-0.2, -0.15) is 9.78 Å². The number of aromatic nitrogens is 2. The number of nitrogens with zero attached hydrogens (tertiary/aromatic N) is 3. The zero-order valence-electron chi connectivity index (χ0n) is 19.3. The summed E-state index contributed by atoms with van der Waals surface area (Å²) in [7, 11) is 0. The molecule has 5 aromatic rings. The molecule has 0 radical (unpaired) electrons. The van der Waals surface area contributed by atoms with Crippen LogP contribution >= 0.6 is 43.5 Å². The first-order valence-electron chi connectivity index (χ1n) is 11.3. The average molecular weight is 630 g/mol. The molecule has 3 aromatic carbocycles. The molecule has 0 aliphatic rings. The van der Waals surface area contributed by atoms with E-state index >= 15 is 0 Å².